The lowest BCUT2D eigenvalue weighted by Crippen LogP contribution is -2.38. The molecule has 1 N–H and O–H groups in total. The van der Waals surface area contributed by atoms with Crippen molar-refractivity contribution < 1.29 is 18.0 Å². The second kappa shape index (κ2) is 4.74. The van der Waals surface area contributed by atoms with Crippen LogP contribution in [0.5, 0.6) is 0 Å². The third-order valence-electron chi connectivity index (χ3n) is 1.98. The topological polar surface area (TPSA) is 29.1 Å². The Morgan fingerprint density at radius 1 is 1.31 bits per heavy atom. The van der Waals surface area contributed by atoms with Crippen LogP contribution in [0.25, 0.3) is 0 Å². The van der Waals surface area contributed by atoms with Gasteiger partial charge in [0.25, 0.3) is 0 Å². The van der Waals surface area contributed by atoms with Crippen molar-refractivity contribution in [1.82, 2.24) is 5.32 Å². The SMILES string of the molecule is C[C@H](NC(=O)C(F)(F)F)c1ccc(Cl)cc1. The zero-order chi connectivity index (χ0) is 12.3. The summed E-state index contributed by atoms with van der Waals surface area (Å²) in [7, 11) is 0. The lowest BCUT2D eigenvalue weighted by molar-refractivity contribution is -0.174. The molecular weight excluding hydrogens is 243 g/mol. The molecule has 0 aliphatic heterocycles. The van der Waals surface area contributed by atoms with Crippen LogP contribution < -0.4 is 5.32 Å². The number of rotatable bonds is 2. The van der Waals surface area contributed by atoms with Crippen LogP contribution >= 0.6 is 11.6 Å². The molecule has 0 saturated carbocycles. The van der Waals surface area contributed by atoms with E-state index in [0.29, 0.717) is 10.6 Å². The molecule has 0 aliphatic rings. The fourth-order valence-corrected chi connectivity index (χ4v) is 1.24. The maximum absolute atomic E-state index is 12.0. The van der Waals surface area contributed by atoms with Crippen molar-refractivity contribution in [2.24, 2.45) is 0 Å². The lowest BCUT2D eigenvalue weighted by atomic mass is 10.1. The van der Waals surface area contributed by atoms with Crippen LogP contribution in [0.4, 0.5) is 13.2 Å². The van der Waals surface area contributed by atoms with Crippen LogP contribution in [-0.4, -0.2) is 12.1 Å². The molecule has 2 nitrogen and oxygen atoms in total. The first kappa shape index (κ1) is 12.8. The molecule has 0 radical (unpaired) electrons. The van der Waals surface area contributed by atoms with Gasteiger partial charge in [-0.15, -0.1) is 0 Å². The van der Waals surface area contributed by atoms with Gasteiger partial charge >= 0.3 is 12.1 Å². The van der Waals surface area contributed by atoms with E-state index >= 15 is 0 Å². The highest BCUT2D eigenvalue weighted by Gasteiger charge is 2.39. The first-order valence-corrected chi connectivity index (χ1v) is 4.81. The van der Waals surface area contributed by atoms with Gasteiger partial charge in [-0.25, -0.2) is 0 Å². The summed E-state index contributed by atoms with van der Waals surface area (Å²) in [5.74, 6) is -1.95. The normalized spacial score (nSPS) is 13.3. The summed E-state index contributed by atoms with van der Waals surface area (Å²) >= 11 is 5.63. The van der Waals surface area contributed by atoms with Gasteiger partial charge in [0, 0.05) is 5.02 Å². The standard InChI is InChI=1S/C10H9ClF3NO/c1-6(15-9(16)10(12,13)14)7-2-4-8(11)5-3-7/h2-6H,1H3,(H,15,16)/t6-/m0/s1. The van der Waals surface area contributed by atoms with Crippen LogP contribution in [0.15, 0.2) is 24.3 Å². The minimum absolute atomic E-state index is 0.484. The zero-order valence-corrected chi connectivity index (χ0v) is 9.06. The minimum Gasteiger partial charge on any atom is -0.342 e. The van der Waals surface area contributed by atoms with Crippen molar-refractivity contribution in [2.75, 3.05) is 0 Å². The van der Waals surface area contributed by atoms with Crippen molar-refractivity contribution in [2.45, 2.75) is 19.1 Å². The van der Waals surface area contributed by atoms with Crippen LogP contribution in [-0.2, 0) is 4.79 Å². The van der Waals surface area contributed by atoms with Gasteiger partial charge < -0.3 is 5.32 Å². The number of amides is 1. The van der Waals surface area contributed by atoms with E-state index in [9.17, 15) is 18.0 Å². The van der Waals surface area contributed by atoms with Gasteiger partial charge in [0.15, 0.2) is 0 Å². The average Bonchev–Trinajstić information content (AvgIpc) is 2.17. The monoisotopic (exact) mass is 251 g/mol. The number of alkyl halides is 3. The van der Waals surface area contributed by atoms with E-state index in [0.717, 1.165) is 0 Å². The van der Waals surface area contributed by atoms with Crippen LogP contribution in [0.1, 0.15) is 18.5 Å². The molecule has 1 amide bonds. The third kappa shape index (κ3) is 3.41. The molecule has 0 bridgehead atoms. The molecular formula is C10H9ClF3NO. The van der Waals surface area contributed by atoms with Gasteiger partial charge in [0.2, 0.25) is 0 Å². The quantitative estimate of drug-likeness (QED) is 0.860. The summed E-state index contributed by atoms with van der Waals surface area (Å²) < 4.78 is 35.9. The maximum atomic E-state index is 12.0. The molecule has 1 aromatic carbocycles. The number of hydrogen-bond donors (Lipinski definition) is 1. The largest absolute Gasteiger partial charge is 0.471 e. The van der Waals surface area contributed by atoms with Gasteiger partial charge in [0.1, 0.15) is 0 Å². The van der Waals surface area contributed by atoms with Gasteiger partial charge in [-0.2, -0.15) is 13.2 Å². The molecule has 0 aromatic heterocycles. The Balaban J connectivity index is 2.69. The van der Waals surface area contributed by atoms with Crippen molar-refractivity contribution in [3.63, 3.8) is 0 Å². The maximum Gasteiger partial charge on any atom is 0.471 e. The predicted molar refractivity (Wildman–Crippen MR) is 54.1 cm³/mol. The first-order chi connectivity index (χ1) is 7.30. The Bertz CT molecular complexity index is 375. The van der Waals surface area contributed by atoms with Gasteiger partial charge in [-0.3, -0.25) is 4.79 Å². The smallest absolute Gasteiger partial charge is 0.342 e. The number of carbonyl (C=O) groups is 1. The summed E-state index contributed by atoms with van der Waals surface area (Å²) in [4.78, 5) is 10.7. The number of benzene rings is 1. The van der Waals surface area contributed by atoms with Crippen molar-refractivity contribution >= 4 is 17.5 Å². The Labute approximate surface area is 95.4 Å². The van der Waals surface area contributed by atoms with Crippen molar-refractivity contribution in [1.29, 1.82) is 0 Å². The first-order valence-electron chi connectivity index (χ1n) is 4.44. The number of halogens is 4. The fraction of sp³-hybridized carbons (Fsp3) is 0.300. The van der Waals surface area contributed by atoms with Crippen molar-refractivity contribution in [3.8, 4) is 0 Å². The third-order valence-corrected chi connectivity index (χ3v) is 2.23. The van der Waals surface area contributed by atoms with Gasteiger partial charge in [-0.05, 0) is 24.6 Å². The minimum atomic E-state index is -4.86. The second-order valence-electron chi connectivity index (χ2n) is 3.24. The molecule has 0 fully saturated rings. The van der Waals surface area contributed by atoms with E-state index in [1.165, 1.54) is 6.92 Å². The summed E-state index contributed by atoms with van der Waals surface area (Å²) in [5.41, 5.74) is 0.557. The van der Waals surface area contributed by atoms with Crippen LogP contribution in [0.3, 0.4) is 0 Å². The van der Waals surface area contributed by atoms with E-state index < -0.39 is 18.1 Å². The molecule has 16 heavy (non-hydrogen) atoms. The summed E-state index contributed by atoms with van der Waals surface area (Å²) in [6.45, 7) is 1.47. The highest BCUT2D eigenvalue weighted by Crippen LogP contribution is 2.19. The van der Waals surface area contributed by atoms with E-state index in [1.807, 2.05) is 5.32 Å². The molecule has 1 atom stereocenters. The van der Waals surface area contributed by atoms with Crippen LogP contribution in [0, 0.1) is 0 Å². The average molecular weight is 252 g/mol. The molecule has 88 valence electrons. The number of carbonyl (C=O) groups excluding carboxylic acids is 1. The summed E-state index contributed by atoms with van der Waals surface area (Å²) in [6.07, 6.45) is -4.86. The second-order valence-corrected chi connectivity index (χ2v) is 3.68. The molecule has 0 saturated heterocycles. The summed E-state index contributed by atoms with van der Waals surface area (Å²) in [6, 6.07) is 5.50. The molecule has 1 aromatic rings. The molecule has 0 unspecified atom stereocenters. The van der Waals surface area contributed by atoms with E-state index in [1.54, 1.807) is 24.3 Å². The zero-order valence-electron chi connectivity index (χ0n) is 8.31. The van der Waals surface area contributed by atoms with Gasteiger partial charge in [-0.1, -0.05) is 23.7 Å². The van der Waals surface area contributed by atoms with Crippen LogP contribution in [0.2, 0.25) is 5.02 Å². The number of hydrogen-bond acceptors (Lipinski definition) is 1. The Hall–Kier alpha value is -1.23. The Kier molecular flexibility index (Phi) is 3.80. The molecule has 0 aliphatic carbocycles. The summed E-state index contributed by atoms with van der Waals surface area (Å²) in [5, 5.41) is 2.33. The predicted octanol–water partition coefficient (Wildman–Crippen LogP) is 3.08. The fourth-order valence-electron chi connectivity index (χ4n) is 1.11. The highest BCUT2D eigenvalue weighted by molar-refractivity contribution is 6.30. The number of nitrogens with one attached hydrogen (secondary N) is 1. The van der Waals surface area contributed by atoms with Gasteiger partial charge in [0.05, 0.1) is 6.04 Å². The molecule has 0 heterocycles. The highest BCUT2D eigenvalue weighted by atomic mass is 35.5. The molecule has 6 heteroatoms. The molecule has 1 rings (SSSR count). The molecule has 0 spiro atoms. The van der Waals surface area contributed by atoms with E-state index in [2.05, 4.69) is 0 Å². The lowest BCUT2D eigenvalue weighted by Gasteiger charge is -2.15. The van der Waals surface area contributed by atoms with E-state index in [-0.39, 0.29) is 0 Å². The van der Waals surface area contributed by atoms with E-state index in [4.69, 9.17) is 11.6 Å². The van der Waals surface area contributed by atoms with Crippen molar-refractivity contribution in [3.05, 3.63) is 34.9 Å². The Morgan fingerprint density at radius 3 is 2.25 bits per heavy atom. The Morgan fingerprint density at radius 2 is 1.81 bits per heavy atom.